The van der Waals surface area contributed by atoms with Crippen LogP contribution < -0.4 is 5.32 Å². The van der Waals surface area contributed by atoms with Gasteiger partial charge in [0.25, 0.3) is 0 Å². The van der Waals surface area contributed by atoms with Crippen molar-refractivity contribution in [2.24, 2.45) is 0 Å². The standard InChI is InChI=1S/C10H16BrN3/c1-3-4-12-8(2)5-10-13-6-9(11)7-14-10/h6-8,12H,3-5H2,1-2H3. The van der Waals surface area contributed by atoms with E-state index in [2.05, 4.69) is 45.1 Å². The van der Waals surface area contributed by atoms with Gasteiger partial charge < -0.3 is 5.32 Å². The van der Waals surface area contributed by atoms with E-state index >= 15 is 0 Å². The summed E-state index contributed by atoms with van der Waals surface area (Å²) >= 11 is 3.31. The van der Waals surface area contributed by atoms with E-state index in [1.807, 2.05) is 0 Å². The topological polar surface area (TPSA) is 37.8 Å². The van der Waals surface area contributed by atoms with Crippen LogP contribution in [0.2, 0.25) is 0 Å². The van der Waals surface area contributed by atoms with Crippen molar-refractivity contribution in [2.45, 2.75) is 32.7 Å². The lowest BCUT2D eigenvalue weighted by Gasteiger charge is -2.11. The molecular formula is C10H16BrN3. The third-order valence-corrected chi connectivity index (χ3v) is 2.31. The van der Waals surface area contributed by atoms with Crippen LogP contribution in [0.1, 0.15) is 26.1 Å². The molecule has 14 heavy (non-hydrogen) atoms. The monoisotopic (exact) mass is 257 g/mol. The number of hydrogen-bond acceptors (Lipinski definition) is 3. The first-order chi connectivity index (χ1) is 6.72. The maximum absolute atomic E-state index is 4.23. The van der Waals surface area contributed by atoms with E-state index in [9.17, 15) is 0 Å². The molecule has 0 spiro atoms. The predicted molar refractivity (Wildman–Crippen MR) is 61.2 cm³/mol. The number of aromatic nitrogens is 2. The molecule has 0 bridgehead atoms. The van der Waals surface area contributed by atoms with Gasteiger partial charge >= 0.3 is 0 Å². The molecule has 1 aromatic heterocycles. The van der Waals surface area contributed by atoms with Gasteiger partial charge in [-0.05, 0) is 35.8 Å². The molecule has 0 fully saturated rings. The summed E-state index contributed by atoms with van der Waals surface area (Å²) in [4.78, 5) is 8.46. The van der Waals surface area contributed by atoms with Crippen LogP contribution in [0, 0.1) is 0 Å². The van der Waals surface area contributed by atoms with Gasteiger partial charge in [0.15, 0.2) is 0 Å². The Morgan fingerprint density at radius 1 is 1.43 bits per heavy atom. The van der Waals surface area contributed by atoms with Crippen molar-refractivity contribution < 1.29 is 0 Å². The average molecular weight is 258 g/mol. The molecule has 1 unspecified atom stereocenters. The molecule has 1 heterocycles. The Hall–Kier alpha value is -0.480. The van der Waals surface area contributed by atoms with E-state index in [-0.39, 0.29) is 0 Å². The summed E-state index contributed by atoms with van der Waals surface area (Å²) in [5.74, 6) is 0.893. The van der Waals surface area contributed by atoms with Gasteiger partial charge in [0.2, 0.25) is 0 Å². The first-order valence-electron chi connectivity index (χ1n) is 4.92. The van der Waals surface area contributed by atoms with Gasteiger partial charge in [-0.15, -0.1) is 0 Å². The van der Waals surface area contributed by atoms with Crippen molar-refractivity contribution in [2.75, 3.05) is 6.54 Å². The molecule has 1 aromatic rings. The Kier molecular flexibility index (Phi) is 5.04. The van der Waals surface area contributed by atoms with Crippen LogP contribution in [-0.4, -0.2) is 22.6 Å². The van der Waals surface area contributed by atoms with Crippen LogP contribution in [0.5, 0.6) is 0 Å². The van der Waals surface area contributed by atoms with E-state index in [4.69, 9.17) is 0 Å². The van der Waals surface area contributed by atoms with Crippen molar-refractivity contribution in [3.05, 3.63) is 22.7 Å². The molecule has 0 saturated heterocycles. The molecule has 78 valence electrons. The fourth-order valence-corrected chi connectivity index (χ4v) is 1.39. The van der Waals surface area contributed by atoms with Crippen LogP contribution in [0.4, 0.5) is 0 Å². The Bertz CT molecular complexity index is 261. The Labute approximate surface area is 93.5 Å². The second kappa shape index (κ2) is 6.09. The first-order valence-corrected chi connectivity index (χ1v) is 5.71. The predicted octanol–water partition coefficient (Wildman–Crippen LogP) is 2.17. The van der Waals surface area contributed by atoms with Crippen molar-refractivity contribution in [3.8, 4) is 0 Å². The highest BCUT2D eigenvalue weighted by Gasteiger charge is 2.03. The summed E-state index contributed by atoms with van der Waals surface area (Å²) in [5, 5.41) is 3.40. The van der Waals surface area contributed by atoms with E-state index in [0.717, 1.165) is 29.7 Å². The normalized spacial score (nSPS) is 12.8. The lowest BCUT2D eigenvalue weighted by Crippen LogP contribution is -2.29. The van der Waals surface area contributed by atoms with Gasteiger partial charge in [-0.1, -0.05) is 6.92 Å². The second-order valence-electron chi connectivity index (χ2n) is 3.38. The fraction of sp³-hybridized carbons (Fsp3) is 0.600. The molecule has 0 radical (unpaired) electrons. The smallest absolute Gasteiger partial charge is 0.129 e. The molecule has 3 nitrogen and oxygen atoms in total. The summed E-state index contributed by atoms with van der Waals surface area (Å²) in [7, 11) is 0. The highest BCUT2D eigenvalue weighted by Crippen LogP contribution is 2.05. The number of hydrogen-bond donors (Lipinski definition) is 1. The largest absolute Gasteiger partial charge is 0.314 e. The Balaban J connectivity index is 2.39. The first kappa shape index (κ1) is 11.6. The van der Waals surface area contributed by atoms with Crippen molar-refractivity contribution >= 4 is 15.9 Å². The molecule has 1 rings (SSSR count). The van der Waals surface area contributed by atoms with E-state index in [0.29, 0.717) is 6.04 Å². The van der Waals surface area contributed by atoms with Gasteiger partial charge in [0.1, 0.15) is 5.82 Å². The number of halogens is 1. The molecule has 1 atom stereocenters. The lowest BCUT2D eigenvalue weighted by molar-refractivity contribution is 0.532. The Morgan fingerprint density at radius 3 is 2.64 bits per heavy atom. The molecule has 0 saturated carbocycles. The molecule has 0 aliphatic rings. The number of nitrogens with one attached hydrogen (secondary N) is 1. The zero-order chi connectivity index (χ0) is 10.4. The summed E-state index contributed by atoms with van der Waals surface area (Å²) in [5.41, 5.74) is 0. The molecule has 0 aliphatic heterocycles. The minimum Gasteiger partial charge on any atom is -0.314 e. The third-order valence-electron chi connectivity index (χ3n) is 1.91. The maximum Gasteiger partial charge on any atom is 0.129 e. The van der Waals surface area contributed by atoms with E-state index < -0.39 is 0 Å². The third kappa shape index (κ3) is 4.15. The maximum atomic E-state index is 4.23. The highest BCUT2D eigenvalue weighted by atomic mass is 79.9. The summed E-state index contributed by atoms with van der Waals surface area (Å²) in [6.45, 7) is 5.37. The van der Waals surface area contributed by atoms with Crippen molar-refractivity contribution in [1.82, 2.24) is 15.3 Å². The van der Waals surface area contributed by atoms with Crippen molar-refractivity contribution in [1.29, 1.82) is 0 Å². The lowest BCUT2D eigenvalue weighted by atomic mass is 10.2. The van der Waals surface area contributed by atoms with Gasteiger partial charge in [-0.25, -0.2) is 9.97 Å². The van der Waals surface area contributed by atoms with Gasteiger partial charge in [-0.3, -0.25) is 0 Å². The quantitative estimate of drug-likeness (QED) is 0.879. The molecule has 0 aromatic carbocycles. The second-order valence-corrected chi connectivity index (χ2v) is 4.29. The number of rotatable bonds is 5. The Morgan fingerprint density at radius 2 is 2.07 bits per heavy atom. The van der Waals surface area contributed by atoms with Crippen LogP contribution in [-0.2, 0) is 6.42 Å². The molecule has 0 amide bonds. The average Bonchev–Trinajstić information content (AvgIpc) is 2.18. The summed E-state index contributed by atoms with van der Waals surface area (Å²) in [6, 6.07) is 0.441. The molecule has 0 aliphatic carbocycles. The fourth-order valence-electron chi connectivity index (χ4n) is 1.18. The highest BCUT2D eigenvalue weighted by molar-refractivity contribution is 9.10. The zero-order valence-electron chi connectivity index (χ0n) is 8.63. The minimum absolute atomic E-state index is 0.441. The van der Waals surface area contributed by atoms with Gasteiger partial charge in [-0.2, -0.15) is 0 Å². The number of nitrogens with zero attached hydrogens (tertiary/aromatic N) is 2. The van der Waals surface area contributed by atoms with Crippen LogP contribution in [0.25, 0.3) is 0 Å². The summed E-state index contributed by atoms with van der Waals surface area (Å²) < 4.78 is 0.926. The van der Waals surface area contributed by atoms with Crippen molar-refractivity contribution in [3.63, 3.8) is 0 Å². The SMILES string of the molecule is CCCNC(C)Cc1ncc(Br)cn1. The van der Waals surface area contributed by atoms with E-state index in [1.54, 1.807) is 12.4 Å². The van der Waals surface area contributed by atoms with Gasteiger partial charge in [0.05, 0.1) is 4.47 Å². The molecular weight excluding hydrogens is 242 g/mol. The van der Waals surface area contributed by atoms with E-state index in [1.165, 1.54) is 0 Å². The van der Waals surface area contributed by atoms with Gasteiger partial charge in [0, 0.05) is 24.9 Å². The molecule has 1 N–H and O–H groups in total. The zero-order valence-corrected chi connectivity index (χ0v) is 10.2. The minimum atomic E-state index is 0.441. The molecule has 4 heteroatoms. The van der Waals surface area contributed by atoms with Crippen LogP contribution >= 0.6 is 15.9 Å². The van der Waals surface area contributed by atoms with Crippen LogP contribution in [0.15, 0.2) is 16.9 Å². The summed E-state index contributed by atoms with van der Waals surface area (Å²) in [6.07, 6.45) is 5.61. The van der Waals surface area contributed by atoms with Crippen LogP contribution in [0.3, 0.4) is 0 Å².